The zero-order chi connectivity index (χ0) is 17.0. The van der Waals surface area contributed by atoms with E-state index in [1.807, 2.05) is 36.4 Å². The van der Waals surface area contributed by atoms with Crippen molar-refractivity contribution in [3.63, 3.8) is 0 Å². The van der Waals surface area contributed by atoms with Gasteiger partial charge in [-0.1, -0.05) is 36.4 Å². The first-order chi connectivity index (χ1) is 12.3. The van der Waals surface area contributed by atoms with Crippen LogP contribution in [0.2, 0.25) is 0 Å². The molecule has 0 saturated carbocycles. The smallest absolute Gasteiger partial charge is 0.340 e. The van der Waals surface area contributed by atoms with E-state index in [1.165, 1.54) is 7.11 Å². The molecule has 122 valence electrons. The number of methoxy groups -OCH3 is 1. The van der Waals surface area contributed by atoms with Gasteiger partial charge in [0.25, 0.3) is 0 Å². The third kappa shape index (κ3) is 1.97. The summed E-state index contributed by atoms with van der Waals surface area (Å²) in [5.41, 5.74) is 6.82. The van der Waals surface area contributed by atoms with E-state index >= 15 is 0 Å². The molecule has 0 fully saturated rings. The lowest BCUT2D eigenvalue weighted by Crippen LogP contribution is -2.05. The molecule has 25 heavy (non-hydrogen) atoms. The van der Waals surface area contributed by atoms with Crippen LogP contribution >= 0.6 is 0 Å². The van der Waals surface area contributed by atoms with Crippen molar-refractivity contribution in [3.8, 4) is 0 Å². The van der Waals surface area contributed by atoms with Crippen molar-refractivity contribution in [2.24, 2.45) is 0 Å². The Morgan fingerprint density at radius 2 is 1.64 bits per heavy atom. The van der Waals surface area contributed by atoms with Crippen LogP contribution in [-0.4, -0.2) is 23.0 Å². The zero-order valence-electron chi connectivity index (χ0n) is 13.7. The van der Waals surface area contributed by atoms with Crippen LogP contribution in [-0.2, 0) is 16.0 Å². The van der Waals surface area contributed by atoms with Crippen LogP contribution in [0.25, 0.3) is 33.5 Å². The second kappa shape index (κ2) is 5.11. The summed E-state index contributed by atoms with van der Waals surface area (Å²) in [5.74, 6) is -0.328. The molecular weight excluding hydrogens is 312 g/mol. The summed E-state index contributed by atoms with van der Waals surface area (Å²) < 4.78 is 5.06. The molecule has 0 saturated heterocycles. The minimum Gasteiger partial charge on any atom is -0.465 e. The van der Waals surface area contributed by atoms with Gasteiger partial charge >= 0.3 is 5.97 Å². The number of H-pyrrole nitrogens is 2. The predicted molar refractivity (Wildman–Crippen MR) is 99.3 cm³/mol. The number of nitrogens with one attached hydrogen (secondary N) is 2. The number of para-hydroxylation sites is 2. The quantitative estimate of drug-likeness (QED) is 0.513. The molecule has 0 spiro atoms. The molecule has 5 rings (SSSR count). The highest BCUT2D eigenvalue weighted by Gasteiger charge is 2.26. The highest BCUT2D eigenvalue weighted by atomic mass is 16.5. The molecule has 0 aliphatic heterocycles. The number of aromatic amines is 2. The van der Waals surface area contributed by atoms with Crippen molar-refractivity contribution < 1.29 is 9.53 Å². The number of fused-ring (bicyclic) bond motifs is 6. The zero-order valence-corrected chi connectivity index (χ0v) is 13.7. The first-order valence-electron chi connectivity index (χ1n) is 8.26. The molecule has 0 atom stereocenters. The van der Waals surface area contributed by atoms with Crippen LogP contribution in [0.15, 0.2) is 48.5 Å². The first kappa shape index (κ1) is 14.1. The molecule has 0 amide bonds. The molecule has 2 heterocycles. The van der Waals surface area contributed by atoms with Gasteiger partial charge in [-0.15, -0.1) is 0 Å². The molecule has 4 heteroatoms. The standard InChI is InChI=1S/C21H16N2O2/c1-25-21(24)16-10-14-12-6-2-4-8-17(12)22-19(14)11-15-13-7-3-5-9-18(13)23-20(15)16/h2-10,22-23H,11H2,1H3. The van der Waals surface area contributed by atoms with Gasteiger partial charge in [-0.25, -0.2) is 4.79 Å². The maximum Gasteiger partial charge on any atom is 0.340 e. The van der Waals surface area contributed by atoms with E-state index in [0.717, 1.165) is 50.7 Å². The molecule has 2 aromatic carbocycles. The Bertz CT molecular complexity index is 1180. The van der Waals surface area contributed by atoms with Gasteiger partial charge in [0.15, 0.2) is 0 Å². The van der Waals surface area contributed by atoms with E-state index in [0.29, 0.717) is 5.57 Å². The number of ether oxygens (including phenoxy) is 1. The Morgan fingerprint density at radius 1 is 0.960 bits per heavy atom. The maximum absolute atomic E-state index is 12.5. The van der Waals surface area contributed by atoms with Crippen LogP contribution in [0.1, 0.15) is 22.5 Å². The molecule has 2 N–H and O–H groups in total. The number of esters is 1. The van der Waals surface area contributed by atoms with Gasteiger partial charge < -0.3 is 14.7 Å². The molecule has 0 radical (unpaired) electrons. The fourth-order valence-corrected chi connectivity index (χ4v) is 3.80. The van der Waals surface area contributed by atoms with Crippen LogP contribution in [0, 0.1) is 0 Å². The minimum atomic E-state index is -0.328. The van der Waals surface area contributed by atoms with Crippen molar-refractivity contribution in [1.82, 2.24) is 9.97 Å². The number of carbonyl (C=O) groups excluding carboxylic acids is 1. The normalized spacial score (nSPS) is 13.2. The molecule has 0 unspecified atom stereocenters. The highest BCUT2D eigenvalue weighted by molar-refractivity contribution is 6.24. The van der Waals surface area contributed by atoms with E-state index in [-0.39, 0.29) is 5.97 Å². The van der Waals surface area contributed by atoms with Gasteiger partial charge in [-0.2, -0.15) is 0 Å². The number of benzene rings is 2. The van der Waals surface area contributed by atoms with Crippen LogP contribution < -0.4 is 0 Å². The van der Waals surface area contributed by atoms with Crippen LogP contribution in [0.5, 0.6) is 0 Å². The van der Waals surface area contributed by atoms with E-state index < -0.39 is 0 Å². The molecule has 2 aromatic heterocycles. The Balaban J connectivity index is 1.87. The fraction of sp³-hybridized carbons (Fsp3) is 0.0952. The lowest BCUT2D eigenvalue weighted by Gasteiger charge is -2.04. The number of hydrogen-bond donors (Lipinski definition) is 2. The van der Waals surface area contributed by atoms with Gasteiger partial charge in [0.1, 0.15) is 0 Å². The summed E-state index contributed by atoms with van der Waals surface area (Å²) in [5, 5.41) is 2.26. The summed E-state index contributed by atoms with van der Waals surface area (Å²) >= 11 is 0. The number of aromatic nitrogens is 2. The molecule has 1 aliphatic rings. The monoisotopic (exact) mass is 328 g/mol. The summed E-state index contributed by atoms with van der Waals surface area (Å²) in [4.78, 5) is 19.4. The summed E-state index contributed by atoms with van der Waals surface area (Å²) in [6.07, 6.45) is 2.68. The molecule has 1 aliphatic carbocycles. The molecule has 0 bridgehead atoms. The third-order valence-corrected chi connectivity index (χ3v) is 4.96. The Hall–Kier alpha value is -3.27. The second-order valence-corrected chi connectivity index (χ2v) is 6.31. The molecule has 4 nitrogen and oxygen atoms in total. The largest absolute Gasteiger partial charge is 0.465 e. The van der Waals surface area contributed by atoms with Gasteiger partial charge in [-0.05, 0) is 23.8 Å². The van der Waals surface area contributed by atoms with Crippen LogP contribution in [0.4, 0.5) is 0 Å². The van der Waals surface area contributed by atoms with Crippen molar-refractivity contribution >= 4 is 39.4 Å². The summed E-state index contributed by atoms with van der Waals surface area (Å²) in [6.45, 7) is 0. The Kier molecular flexibility index (Phi) is 2.88. The number of hydrogen-bond acceptors (Lipinski definition) is 2. The van der Waals surface area contributed by atoms with E-state index in [2.05, 4.69) is 28.2 Å². The Morgan fingerprint density at radius 3 is 2.40 bits per heavy atom. The van der Waals surface area contributed by atoms with Crippen molar-refractivity contribution in [3.05, 3.63) is 71.0 Å². The van der Waals surface area contributed by atoms with Crippen LogP contribution in [0.3, 0.4) is 0 Å². The predicted octanol–water partition coefficient (Wildman–Crippen LogP) is 4.27. The average molecular weight is 328 g/mol. The fourth-order valence-electron chi connectivity index (χ4n) is 3.80. The topological polar surface area (TPSA) is 57.9 Å². The maximum atomic E-state index is 12.5. The van der Waals surface area contributed by atoms with Crippen molar-refractivity contribution in [2.45, 2.75) is 6.42 Å². The molecular formula is C21H16N2O2. The Labute approximate surface area is 144 Å². The van der Waals surface area contributed by atoms with Gasteiger partial charge in [0.05, 0.1) is 18.4 Å². The van der Waals surface area contributed by atoms with Gasteiger partial charge in [0, 0.05) is 39.5 Å². The first-order valence-corrected chi connectivity index (χ1v) is 8.26. The third-order valence-electron chi connectivity index (χ3n) is 4.96. The summed E-state index contributed by atoms with van der Waals surface area (Å²) in [6, 6.07) is 16.3. The molecule has 4 aromatic rings. The number of carbonyl (C=O) groups is 1. The summed E-state index contributed by atoms with van der Waals surface area (Å²) in [7, 11) is 1.42. The van der Waals surface area contributed by atoms with E-state index in [1.54, 1.807) is 0 Å². The second-order valence-electron chi connectivity index (χ2n) is 6.31. The number of rotatable bonds is 1. The minimum absolute atomic E-state index is 0.328. The van der Waals surface area contributed by atoms with Gasteiger partial charge in [-0.3, -0.25) is 0 Å². The lowest BCUT2D eigenvalue weighted by molar-refractivity contribution is -0.133. The average Bonchev–Trinajstić information content (AvgIpc) is 3.13. The van der Waals surface area contributed by atoms with Gasteiger partial charge in [0.2, 0.25) is 0 Å². The van der Waals surface area contributed by atoms with E-state index in [9.17, 15) is 4.79 Å². The SMILES string of the molecule is COC(=O)C1=Cc2c([nH]c3ccccc23)Cc2c1[nH]c1ccccc21. The van der Waals surface area contributed by atoms with Crippen molar-refractivity contribution in [1.29, 1.82) is 0 Å². The lowest BCUT2D eigenvalue weighted by atomic mass is 10.0. The van der Waals surface area contributed by atoms with E-state index in [4.69, 9.17) is 4.74 Å². The highest BCUT2D eigenvalue weighted by Crippen LogP contribution is 2.37. The van der Waals surface area contributed by atoms with Crippen molar-refractivity contribution in [2.75, 3.05) is 7.11 Å².